The van der Waals surface area contributed by atoms with Crippen molar-refractivity contribution in [1.82, 2.24) is 9.78 Å². The van der Waals surface area contributed by atoms with E-state index in [-0.39, 0.29) is 10.6 Å². The normalized spacial score (nSPS) is 10.7. The molecule has 0 spiro atoms. The Balaban J connectivity index is 2.31. The van der Waals surface area contributed by atoms with Gasteiger partial charge >= 0.3 is 0 Å². The molecule has 0 aliphatic heterocycles. The van der Waals surface area contributed by atoms with Crippen LogP contribution in [0.25, 0.3) is 0 Å². The van der Waals surface area contributed by atoms with Gasteiger partial charge in [-0.2, -0.15) is 5.10 Å². The molecule has 0 saturated carbocycles. The molecular weight excluding hydrogens is 268 g/mol. The van der Waals surface area contributed by atoms with Gasteiger partial charge in [0.25, 0.3) is 5.69 Å². The fraction of sp³-hybridized carbons (Fsp3) is 0.400. The fourth-order valence-electron chi connectivity index (χ4n) is 2.35. The molecule has 0 aliphatic carbocycles. The Morgan fingerprint density at radius 3 is 2.38 bits per heavy atom. The molecule has 0 aliphatic rings. The molecule has 1 N–H and O–H groups in total. The minimum absolute atomic E-state index is 0.109. The molecule has 1 aromatic carbocycles. The second kappa shape index (κ2) is 5.55. The highest BCUT2D eigenvalue weighted by molar-refractivity contribution is 5.64. The van der Waals surface area contributed by atoms with Gasteiger partial charge < -0.3 is 5.32 Å². The van der Waals surface area contributed by atoms with Crippen molar-refractivity contribution in [2.75, 3.05) is 5.32 Å². The highest BCUT2D eigenvalue weighted by Crippen LogP contribution is 2.28. The number of hydrogen-bond acceptors (Lipinski definition) is 4. The predicted molar refractivity (Wildman–Crippen MR) is 82.6 cm³/mol. The summed E-state index contributed by atoms with van der Waals surface area (Å²) in [5.74, 6) is 0. The Morgan fingerprint density at radius 2 is 1.86 bits per heavy atom. The fourth-order valence-corrected chi connectivity index (χ4v) is 2.35. The minimum Gasteiger partial charge on any atom is -0.375 e. The topological polar surface area (TPSA) is 73.0 Å². The first-order valence-electron chi connectivity index (χ1n) is 6.79. The lowest BCUT2D eigenvalue weighted by molar-refractivity contribution is -0.384. The molecule has 21 heavy (non-hydrogen) atoms. The Morgan fingerprint density at radius 1 is 1.24 bits per heavy atom. The monoisotopic (exact) mass is 288 g/mol. The Kier molecular flexibility index (Phi) is 3.97. The maximum absolute atomic E-state index is 11.2. The third kappa shape index (κ3) is 2.89. The van der Waals surface area contributed by atoms with E-state index in [0.717, 1.165) is 28.1 Å². The van der Waals surface area contributed by atoms with Crippen LogP contribution < -0.4 is 5.32 Å². The van der Waals surface area contributed by atoms with Crippen molar-refractivity contribution >= 4 is 11.4 Å². The number of nitrogens with zero attached hydrogens (tertiary/aromatic N) is 3. The first-order chi connectivity index (χ1) is 9.81. The van der Waals surface area contributed by atoms with Crippen LogP contribution in [0.3, 0.4) is 0 Å². The largest absolute Gasteiger partial charge is 0.375 e. The van der Waals surface area contributed by atoms with Crippen LogP contribution in [0.1, 0.15) is 28.1 Å². The van der Waals surface area contributed by atoms with E-state index in [4.69, 9.17) is 0 Å². The number of aryl methyl sites for hydroxylation is 4. The number of nitrogens with one attached hydrogen (secondary N) is 1. The molecule has 2 rings (SSSR count). The van der Waals surface area contributed by atoms with Crippen molar-refractivity contribution in [3.8, 4) is 0 Å². The number of anilines is 1. The van der Waals surface area contributed by atoms with Gasteiger partial charge in [-0.15, -0.1) is 0 Å². The molecule has 0 amide bonds. The number of nitro groups is 1. The molecule has 0 saturated heterocycles. The van der Waals surface area contributed by atoms with Crippen LogP contribution in [0.2, 0.25) is 0 Å². The van der Waals surface area contributed by atoms with Gasteiger partial charge in [-0.3, -0.25) is 14.8 Å². The summed E-state index contributed by atoms with van der Waals surface area (Å²) < 4.78 is 1.82. The first-order valence-corrected chi connectivity index (χ1v) is 6.79. The first kappa shape index (κ1) is 15.0. The molecule has 112 valence electrons. The van der Waals surface area contributed by atoms with Gasteiger partial charge in [-0.05, 0) is 44.9 Å². The average molecular weight is 288 g/mol. The van der Waals surface area contributed by atoms with Crippen molar-refractivity contribution in [2.24, 2.45) is 7.05 Å². The lowest BCUT2D eigenvalue weighted by Gasteiger charge is -2.10. The summed E-state index contributed by atoms with van der Waals surface area (Å²) in [4.78, 5) is 10.8. The lowest BCUT2D eigenvalue weighted by Crippen LogP contribution is -2.05. The molecule has 0 atom stereocenters. The minimum atomic E-state index is -0.349. The summed E-state index contributed by atoms with van der Waals surface area (Å²) in [6, 6.07) is 3.44. The van der Waals surface area contributed by atoms with Crippen molar-refractivity contribution in [1.29, 1.82) is 0 Å². The second-order valence-corrected chi connectivity index (χ2v) is 5.34. The second-order valence-electron chi connectivity index (χ2n) is 5.34. The van der Waals surface area contributed by atoms with Crippen LogP contribution in [-0.4, -0.2) is 14.7 Å². The molecule has 0 unspecified atom stereocenters. The molecule has 0 bridgehead atoms. The Bertz CT molecular complexity index is 704. The third-order valence-corrected chi connectivity index (χ3v) is 3.92. The number of aromatic nitrogens is 2. The molecule has 6 heteroatoms. The molecule has 2 aromatic rings. The number of nitro benzene ring substituents is 1. The standard InChI is InChI=1S/C15H20N4O2/c1-9-6-14(15(19(20)21)7-10(9)2)16-8-13-11(3)17-18(5)12(13)4/h6-7,16H,8H2,1-5H3. The zero-order chi connectivity index (χ0) is 15.7. The van der Waals surface area contributed by atoms with Crippen molar-refractivity contribution < 1.29 is 4.92 Å². The van der Waals surface area contributed by atoms with Gasteiger partial charge in [0.15, 0.2) is 0 Å². The zero-order valence-electron chi connectivity index (χ0n) is 13.0. The maximum Gasteiger partial charge on any atom is 0.292 e. The van der Waals surface area contributed by atoms with Crippen LogP contribution in [-0.2, 0) is 13.6 Å². The number of hydrogen-bond donors (Lipinski definition) is 1. The molecule has 1 aromatic heterocycles. The molecular formula is C15H20N4O2. The lowest BCUT2D eigenvalue weighted by atomic mass is 10.1. The predicted octanol–water partition coefficient (Wildman–Crippen LogP) is 3.17. The molecule has 0 radical (unpaired) electrons. The van der Waals surface area contributed by atoms with Crippen molar-refractivity contribution in [3.05, 3.63) is 50.3 Å². The average Bonchev–Trinajstić information content (AvgIpc) is 2.64. The SMILES string of the molecule is Cc1cc(NCc2c(C)nn(C)c2C)c([N+](=O)[O-])cc1C. The van der Waals surface area contributed by atoms with E-state index in [1.165, 1.54) is 0 Å². The highest BCUT2D eigenvalue weighted by atomic mass is 16.6. The van der Waals surface area contributed by atoms with E-state index in [9.17, 15) is 10.1 Å². The number of benzene rings is 1. The van der Waals surface area contributed by atoms with E-state index in [2.05, 4.69) is 10.4 Å². The molecule has 0 fully saturated rings. The maximum atomic E-state index is 11.2. The number of rotatable bonds is 4. The summed E-state index contributed by atoms with van der Waals surface area (Å²) in [5, 5.41) is 18.7. The van der Waals surface area contributed by atoms with Gasteiger partial charge in [0.2, 0.25) is 0 Å². The van der Waals surface area contributed by atoms with Crippen LogP contribution in [0.5, 0.6) is 0 Å². The highest BCUT2D eigenvalue weighted by Gasteiger charge is 2.16. The van der Waals surface area contributed by atoms with E-state index in [0.29, 0.717) is 12.2 Å². The Hall–Kier alpha value is -2.37. The van der Waals surface area contributed by atoms with Gasteiger partial charge in [0, 0.05) is 30.9 Å². The van der Waals surface area contributed by atoms with Crippen LogP contribution in [0.4, 0.5) is 11.4 Å². The van der Waals surface area contributed by atoms with E-state index >= 15 is 0 Å². The quantitative estimate of drug-likeness (QED) is 0.692. The molecule has 1 heterocycles. The van der Waals surface area contributed by atoms with Crippen molar-refractivity contribution in [3.63, 3.8) is 0 Å². The summed E-state index contributed by atoms with van der Waals surface area (Å²) in [6.07, 6.45) is 0. The summed E-state index contributed by atoms with van der Waals surface area (Å²) in [5.41, 5.74) is 5.68. The Labute approximate surface area is 123 Å². The van der Waals surface area contributed by atoms with Crippen LogP contribution in [0.15, 0.2) is 12.1 Å². The summed E-state index contributed by atoms with van der Waals surface area (Å²) >= 11 is 0. The van der Waals surface area contributed by atoms with E-state index < -0.39 is 0 Å². The van der Waals surface area contributed by atoms with Crippen molar-refractivity contribution in [2.45, 2.75) is 34.2 Å². The summed E-state index contributed by atoms with van der Waals surface area (Å²) in [6.45, 7) is 8.28. The van der Waals surface area contributed by atoms with E-state index in [1.807, 2.05) is 45.5 Å². The van der Waals surface area contributed by atoms with Crippen LogP contribution >= 0.6 is 0 Å². The van der Waals surface area contributed by atoms with Gasteiger partial charge in [0.1, 0.15) is 5.69 Å². The summed E-state index contributed by atoms with van der Waals surface area (Å²) in [7, 11) is 1.89. The smallest absolute Gasteiger partial charge is 0.292 e. The third-order valence-electron chi connectivity index (χ3n) is 3.92. The van der Waals surface area contributed by atoms with Gasteiger partial charge in [0.05, 0.1) is 10.6 Å². The molecule has 6 nitrogen and oxygen atoms in total. The van der Waals surface area contributed by atoms with E-state index in [1.54, 1.807) is 6.07 Å². The van der Waals surface area contributed by atoms with Crippen LogP contribution in [0, 0.1) is 37.8 Å². The zero-order valence-corrected chi connectivity index (χ0v) is 13.0. The van der Waals surface area contributed by atoms with Gasteiger partial charge in [-0.1, -0.05) is 0 Å². The van der Waals surface area contributed by atoms with Gasteiger partial charge in [-0.25, -0.2) is 0 Å².